The topological polar surface area (TPSA) is 66.4 Å². The smallest absolute Gasteiger partial charge is 0.326 e. The number of aliphatic carboxylic acids is 1. The van der Waals surface area contributed by atoms with E-state index in [0.717, 1.165) is 12.8 Å². The summed E-state index contributed by atoms with van der Waals surface area (Å²) in [4.78, 5) is 23.4. The molecule has 1 fully saturated rings. The number of nitrogens with one attached hydrogen (secondary N) is 1. The van der Waals surface area contributed by atoms with Gasteiger partial charge in [-0.2, -0.15) is 0 Å². The van der Waals surface area contributed by atoms with Crippen LogP contribution in [0, 0.1) is 23.2 Å². The molecule has 0 saturated heterocycles. The van der Waals surface area contributed by atoms with Gasteiger partial charge in [0.05, 0.1) is 0 Å². The molecule has 0 aromatic heterocycles. The van der Waals surface area contributed by atoms with E-state index in [2.05, 4.69) is 17.5 Å². The highest BCUT2D eigenvalue weighted by atomic mass is 16.4. The zero-order valence-corrected chi connectivity index (χ0v) is 11.1. The molecule has 1 saturated carbocycles. The van der Waals surface area contributed by atoms with Gasteiger partial charge >= 0.3 is 5.97 Å². The lowest BCUT2D eigenvalue weighted by Crippen LogP contribution is -2.51. The highest BCUT2D eigenvalue weighted by molar-refractivity contribution is 5.86. The molecule has 3 unspecified atom stereocenters. The van der Waals surface area contributed by atoms with Crippen molar-refractivity contribution in [3.63, 3.8) is 0 Å². The Morgan fingerprint density at radius 3 is 2.33 bits per heavy atom. The van der Waals surface area contributed by atoms with E-state index in [4.69, 9.17) is 0 Å². The van der Waals surface area contributed by atoms with Crippen molar-refractivity contribution >= 4 is 11.9 Å². The van der Waals surface area contributed by atoms with E-state index < -0.39 is 17.4 Å². The SMILES string of the molecule is CC(C)(C)[C@H](NC(=O)C1CC2C=CC1C2)C(=O)O. The monoisotopic (exact) mass is 251 g/mol. The number of carboxylic acid groups (broad SMARTS) is 1. The molecule has 4 nitrogen and oxygen atoms in total. The Hall–Kier alpha value is -1.32. The third-order valence-electron chi connectivity index (χ3n) is 4.02. The first-order valence-electron chi connectivity index (χ1n) is 6.50. The van der Waals surface area contributed by atoms with Gasteiger partial charge < -0.3 is 10.4 Å². The number of hydrogen-bond acceptors (Lipinski definition) is 2. The van der Waals surface area contributed by atoms with Crippen LogP contribution in [0.5, 0.6) is 0 Å². The molecule has 0 aromatic carbocycles. The van der Waals surface area contributed by atoms with Crippen molar-refractivity contribution in [1.29, 1.82) is 0 Å². The molecule has 1 amide bonds. The number of fused-ring (bicyclic) bond motifs is 2. The van der Waals surface area contributed by atoms with Crippen LogP contribution in [0.15, 0.2) is 12.2 Å². The lowest BCUT2D eigenvalue weighted by molar-refractivity contribution is -0.145. The summed E-state index contributed by atoms with van der Waals surface area (Å²) in [5.74, 6) is -0.277. The van der Waals surface area contributed by atoms with Crippen molar-refractivity contribution in [2.45, 2.75) is 39.7 Å². The van der Waals surface area contributed by atoms with Gasteiger partial charge in [-0.05, 0) is 30.1 Å². The minimum Gasteiger partial charge on any atom is -0.480 e. The van der Waals surface area contributed by atoms with Gasteiger partial charge in [-0.1, -0.05) is 32.9 Å². The molecule has 2 N–H and O–H groups in total. The number of allylic oxidation sites excluding steroid dienone is 2. The third-order valence-corrected chi connectivity index (χ3v) is 4.02. The second-order valence-corrected chi connectivity index (χ2v) is 6.53. The van der Waals surface area contributed by atoms with Crippen molar-refractivity contribution in [1.82, 2.24) is 5.32 Å². The van der Waals surface area contributed by atoms with Gasteiger partial charge in [0.1, 0.15) is 6.04 Å². The number of rotatable bonds is 3. The Morgan fingerprint density at radius 2 is 1.94 bits per heavy atom. The molecule has 2 rings (SSSR count). The molecule has 4 heteroatoms. The lowest BCUT2D eigenvalue weighted by atomic mass is 9.85. The molecular weight excluding hydrogens is 230 g/mol. The summed E-state index contributed by atoms with van der Waals surface area (Å²) in [6, 6.07) is -0.826. The molecular formula is C14H21NO3. The van der Waals surface area contributed by atoms with Crippen LogP contribution in [-0.4, -0.2) is 23.0 Å². The predicted molar refractivity (Wildman–Crippen MR) is 67.9 cm³/mol. The molecule has 4 atom stereocenters. The van der Waals surface area contributed by atoms with Gasteiger partial charge in [0.25, 0.3) is 0 Å². The minimum atomic E-state index is -0.963. The van der Waals surface area contributed by atoms with E-state index in [9.17, 15) is 14.7 Å². The summed E-state index contributed by atoms with van der Waals surface area (Å²) in [6.45, 7) is 5.48. The van der Waals surface area contributed by atoms with E-state index >= 15 is 0 Å². The van der Waals surface area contributed by atoms with Crippen molar-refractivity contribution in [3.05, 3.63) is 12.2 Å². The van der Waals surface area contributed by atoms with E-state index in [-0.39, 0.29) is 11.8 Å². The van der Waals surface area contributed by atoms with E-state index in [1.54, 1.807) is 0 Å². The zero-order chi connectivity index (χ0) is 13.5. The van der Waals surface area contributed by atoms with Gasteiger partial charge in [-0.15, -0.1) is 0 Å². The summed E-state index contributed by atoms with van der Waals surface area (Å²) in [5.41, 5.74) is -0.477. The maximum Gasteiger partial charge on any atom is 0.326 e. The summed E-state index contributed by atoms with van der Waals surface area (Å²) < 4.78 is 0. The molecule has 2 bridgehead atoms. The van der Waals surface area contributed by atoms with Gasteiger partial charge in [-0.25, -0.2) is 4.79 Å². The first-order valence-corrected chi connectivity index (χ1v) is 6.50. The molecule has 18 heavy (non-hydrogen) atoms. The minimum absolute atomic E-state index is 0.0378. The lowest BCUT2D eigenvalue weighted by Gasteiger charge is -2.29. The van der Waals surface area contributed by atoms with Crippen LogP contribution in [0.2, 0.25) is 0 Å². The van der Waals surface area contributed by atoms with E-state index in [0.29, 0.717) is 11.8 Å². The highest BCUT2D eigenvalue weighted by Gasteiger charge is 2.42. The predicted octanol–water partition coefficient (Wildman–Crippen LogP) is 1.81. The number of carbonyl (C=O) groups is 2. The maximum absolute atomic E-state index is 12.2. The fourth-order valence-electron chi connectivity index (χ4n) is 2.98. The average Bonchev–Trinajstić information content (AvgIpc) is 2.84. The fraction of sp³-hybridized carbons (Fsp3) is 0.714. The fourth-order valence-corrected chi connectivity index (χ4v) is 2.98. The van der Waals surface area contributed by atoms with Crippen molar-refractivity contribution in [3.8, 4) is 0 Å². The summed E-state index contributed by atoms with van der Waals surface area (Å²) in [6.07, 6.45) is 6.19. The number of carboxylic acids is 1. The highest BCUT2D eigenvalue weighted by Crippen LogP contribution is 2.43. The zero-order valence-electron chi connectivity index (χ0n) is 11.1. The number of hydrogen-bond donors (Lipinski definition) is 2. The van der Waals surface area contributed by atoms with Crippen LogP contribution in [0.3, 0.4) is 0 Å². The Kier molecular flexibility index (Phi) is 3.21. The Bertz CT molecular complexity index is 394. The molecule has 0 radical (unpaired) electrons. The average molecular weight is 251 g/mol. The first-order chi connectivity index (χ1) is 8.29. The van der Waals surface area contributed by atoms with Gasteiger partial charge in [0, 0.05) is 5.92 Å². The molecule has 0 aliphatic heterocycles. The largest absolute Gasteiger partial charge is 0.480 e. The molecule has 2 aliphatic carbocycles. The summed E-state index contributed by atoms with van der Waals surface area (Å²) in [7, 11) is 0. The van der Waals surface area contributed by atoms with Crippen LogP contribution >= 0.6 is 0 Å². The van der Waals surface area contributed by atoms with Gasteiger partial charge in [0.15, 0.2) is 0 Å². The van der Waals surface area contributed by atoms with E-state index in [1.165, 1.54) is 0 Å². The Labute approximate surface area is 107 Å². The van der Waals surface area contributed by atoms with Gasteiger partial charge in [0.2, 0.25) is 5.91 Å². The summed E-state index contributed by atoms with van der Waals surface area (Å²) in [5, 5.41) is 11.9. The Morgan fingerprint density at radius 1 is 1.28 bits per heavy atom. The first kappa shape index (κ1) is 13.1. The molecule has 0 heterocycles. The molecule has 100 valence electrons. The van der Waals surface area contributed by atoms with Crippen molar-refractivity contribution < 1.29 is 14.7 Å². The second kappa shape index (κ2) is 4.41. The molecule has 2 aliphatic rings. The van der Waals surface area contributed by atoms with E-state index in [1.807, 2.05) is 20.8 Å². The summed E-state index contributed by atoms with van der Waals surface area (Å²) >= 11 is 0. The number of carbonyl (C=O) groups excluding carboxylic acids is 1. The van der Waals surface area contributed by atoms with Crippen LogP contribution in [0.4, 0.5) is 0 Å². The van der Waals surface area contributed by atoms with Crippen LogP contribution in [-0.2, 0) is 9.59 Å². The van der Waals surface area contributed by atoms with Crippen LogP contribution < -0.4 is 5.32 Å². The van der Waals surface area contributed by atoms with Crippen LogP contribution in [0.25, 0.3) is 0 Å². The van der Waals surface area contributed by atoms with Crippen molar-refractivity contribution in [2.24, 2.45) is 23.2 Å². The third kappa shape index (κ3) is 2.42. The maximum atomic E-state index is 12.2. The molecule has 0 spiro atoms. The normalized spacial score (nSPS) is 31.4. The quantitative estimate of drug-likeness (QED) is 0.752. The Balaban J connectivity index is 2.02. The molecule has 0 aromatic rings. The van der Waals surface area contributed by atoms with Crippen molar-refractivity contribution in [2.75, 3.05) is 0 Å². The number of amides is 1. The van der Waals surface area contributed by atoms with Crippen LogP contribution in [0.1, 0.15) is 33.6 Å². The second-order valence-electron chi connectivity index (χ2n) is 6.53. The standard InChI is InChI=1S/C14H21NO3/c1-14(2,3)11(13(17)18)15-12(16)10-7-8-4-5-9(10)6-8/h4-5,8-11H,6-7H2,1-3H3,(H,15,16)(H,17,18)/t8?,9?,10?,11-/m1/s1. The van der Waals surface area contributed by atoms with Gasteiger partial charge in [-0.3, -0.25) is 4.79 Å².